The summed E-state index contributed by atoms with van der Waals surface area (Å²) in [7, 11) is -0.350. The van der Waals surface area contributed by atoms with Crippen LogP contribution in [-0.2, 0) is 4.52 Å². The van der Waals surface area contributed by atoms with Crippen LogP contribution < -0.4 is 0 Å². The fourth-order valence-corrected chi connectivity index (χ4v) is 5.94. The summed E-state index contributed by atoms with van der Waals surface area (Å²) in [6.45, 7) is 13.0. The molecule has 1 heterocycles. The molecule has 1 saturated carbocycles. The van der Waals surface area contributed by atoms with Crippen molar-refractivity contribution in [2.75, 3.05) is 12.7 Å². The zero-order chi connectivity index (χ0) is 12.6. The molecule has 0 amide bonds. The van der Waals surface area contributed by atoms with Gasteiger partial charge in [-0.1, -0.05) is 27.2 Å². The van der Waals surface area contributed by atoms with Crippen molar-refractivity contribution in [3.63, 3.8) is 0 Å². The Kier molecular flexibility index (Phi) is 4.17. The van der Waals surface area contributed by atoms with Crippen molar-refractivity contribution >= 4 is 8.30 Å². The van der Waals surface area contributed by atoms with Gasteiger partial charge in [0.2, 0.25) is 0 Å². The molecule has 0 radical (unpaired) electrons. The summed E-state index contributed by atoms with van der Waals surface area (Å²) in [5, 5.41) is 0. The lowest BCUT2D eigenvalue weighted by Crippen LogP contribution is -2.56. The predicted molar refractivity (Wildman–Crippen MR) is 75.3 cm³/mol. The van der Waals surface area contributed by atoms with Crippen molar-refractivity contribution in [3.8, 4) is 0 Å². The highest BCUT2D eigenvalue weighted by molar-refractivity contribution is 7.50. The van der Waals surface area contributed by atoms with Crippen LogP contribution in [0.2, 0.25) is 0 Å². The molecule has 0 aromatic heterocycles. The summed E-state index contributed by atoms with van der Waals surface area (Å²) >= 11 is 0. The predicted octanol–water partition coefficient (Wildman–Crippen LogP) is 4.25. The molecule has 0 aromatic carbocycles. The zero-order valence-electron chi connectivity index (χ0n) is 12.1. The minimum absolute atomic E-state index is 0.333. The first-order chi connectivity index (χ1) is 8.00. The van der Waals surface area contributed by atoms with E-state index in [4.69, 9.17) is 4.52 Å². The van der Waals surface area contributed by atoms with Gasteiger partial charge in [0.25, 0.3) is 0 Å². The van der Waals surface area contributed by atoms with Gasteiger partial charge in [0.15, 0.2) is 0 Å². The Labute approximate surface area is 108 Å². The maximum absolute atomic E-state index is 6.44. The highest BCUT2D eigenvalue weighted by Crippen LogP contribution is 2.58. The minimum atomic E-state index is -0.350. The summed E-state index contributed by atoms with van der Waals surface area (Å²) in [4.78, 5) is 0. The maximum Gasteiger partial charge on any atom is 0.104 e. The van der Waals surface area contributed by atoms with E-state index in [1.165, 1.54) is 25.4 Å². The second-order valence-corrected chi connectivity index (χ2v) is 8.24. The van der Waals surface area contributed by atoms with Gasteiger partial charge in [0.1, 0.15) is 8.30 Å². The van der Waals surface area contributed by atoms with E-state index in [2.05, 4.69) is 39.3 Å². The first-order valence-corrected chi connectivity index (χ1v) is 8.62. The van der Waals surface area contributed by atoms with E-state index < -0.39 is 0 Å². The molecule has 4 atom stereocenters. The normalized spacial score (nSPS) is 42.2. The van der Waals surface area contributed by atoms with Gasteiger partial charge in [-0.2, -0.15) is 0 Å². The Morgan fingerprint density at radius 3 is 2.59 bits per heavy atom. The first-order valence-electron chi connectivity index (χ1n) is 7.22. The van der Waals surface area contributed by atoms with Crippen molar-refractivity contribution in [2.24, 2.45) is 11.8 Å². The lowest BCUT2D eigenvalue weighted by Gasteiger charge is -2.56. The molecule has 2 fully saturated rings. The summed E-state index contributed by atoms with van der Waals surface area (Å²) in [6, 6.07) is 0. The number of nitrogens with zero attached hydrogens (tertiary/aromatic N) is 1. The molecule has 0 aromatic rings. The molecule has 4 unspecified atom stereocenters. The molecule has 1 aliphatic heterocycles. The monoisotopic (exact) mass is 257 g/mol. The van der Waals surface area contributed by atoms with E-state index in [-0.39, 0.29) is 8.30 Å². The Balaban J connectivity index is 2.21. The highest BCUT2D eigenvalue weighted by atomic mass is 31.2. The van der Waals surface area contributed by atoms with Crippen LogP contribution in [0.5, 0.6) is 0 Å². The van der Waals surface area contributed by atoms with E-state index in [0.717, 1.165) is 18.4 Å². The van der Waals surface area contributed by atoms with Crippen LogP contribution in [0.1, 0.15) is 53.9 Å². The molecular weight excluding hydrogens is 229 g/mol. The van der Waals surface area contributed by atoms with Gasteiger partial charge in [-0.05, 0) is 32.6 Å². The molecular formula is C14H28NOP. The van der Waals surface area contributed by atoms with Crippen molar-refractivity contribution in [3.05, 3.63) is 0 Å². The van der Waals surface area contributed by atoms with Gasteiger partial charge in [-0.15, -0.1) is 0 Å². The second kappa shape index (κ2) is 5.15. The molecule has 0 spiro atoms. The van der Waals surface area contributed by atoms with Gasteiger partial charge >= 0.3 is 0 Å². The smallest absolute Gasteiger partial charge is 0.104 e. The summed E-state index contributed by atoms with van der Waals surface area (Å²) in [5.74, 6) is 1.60. The third kappa shape index (κ3) is 2.41. The summed E-state index contributed by atoms with van der Waals surface area (Å²) in [6.07, 6.45) is 5.72. The highest BCUT2D eigenvalue weighted by Gasteiger charge is 2.49. The maximum atomic E-state index is 6.44. The molecule has 2 nitrogen and oxygen atoms in total. The molecule has 1 saturated heterocycles. The molecule has 0 bridgehead atoms. The Morgan fingerprint density at radius 1 is 1.29 bits per heavy atom. The number of hydrogen-bond donors (Lipinski definition) is 0. The fourth-order valence-electron chi connectivity index (χ4n) is 3.76. The Morgan fingerprint density at radius 2 is 2.00 bits per heavy atom. The van der Waals surface area contributed by atoms with Gasteiger partial charge in [0, 0.05) is 24.2 Å². The molecule has 1 aliphatic carbocycles. The van der Waals surface area contributed by atoms with Crippen LogP contribution >= 0.6 is 8.30 Å². The van der Waals surface area contributed by atoms with Gasteiger partial charge in [-0.3, -0.25) is 4.67 Å². The average molecular weight is 257 g/mol. The fraction of sp³-hybridized carbons (Fsp3) is 1.00. The van der Waals surface area contributed by atoms with Gasteiger partial charge in [0.05, 0.1) is 6.10 Å². The van der Waals surface area contributed by atoms with Crippen LogP contribution in [0.4, 0.5) is 0 Å². The quantitative estimate of drug-likeness (QED) is 0.686. The minimum Gasteiger partial charge on any atom is -0.340 e. The van der Waals surface area contributed by atoms with Gasteiger partial charge in [-0.25, -0.2) is 0 Å². The Bertz CT molecular complexity index is 269. The SMILES string of the molecule is CCN1P(CC)OC2CC(C)CCC2C1(C)C. The third-order valence-corrected chi connectivity index (χ3v) is 7.12. The van der Waals surface area contributed by atoms with Crippen LogP contribution in [0, 0.1) is 11.8 Å². The molecule has 2 rings (SSSR count). The van der Waals surface area contributed by atoms with Crippen molar-refractivity contribution in [1.29, 1.82) is 0 Å². The largest absolute Gasteiger partial charge is 0.340 e. The molecule has 100 valence electrons. The molecule has 0 N–H and O–H groups in total. The summed E-state index contributed by atoms with van der Waals surface area (Å²) < 4.78 is 9.08. The van der Waals surface area contributed by atoms with E-state index in [1.807, 2.05) is 0 Å². The van der Waals surface area contributed by atoms with E-state index in [0.29, 0.717) is 11.6 Å². The molecule has 2 aliphatic rings. The lowest BCUT2D eigenvalue weighted by molar-refractivity contribution is -0.0350. The zero-order valence-corrected chi connectivity index (χ0v) is 13.0. The number of hydrogen-bond acceptors (Lipinski definition) is 2. The van der Waals surface area contributed by atoms with Crippen molar-refractivity contribution in [2.45, 2.75) is 65.5 Å². The van der Waals surface area contributed by atoms with Crippen molar-refractivity contribution < 1.29 is 4.52 Å². The number of fused-ring (bicyclic) bond motifs is 1. The van der Waals surface area contributed by atoms with Crippen LogP contribution in [0.3, 0.4) is 0 Å². The van der Waals surface area contributed by atoms with Gasteiger partial charge < -0.3 is 4.52 Å². The van der Waals surface area contributed by atoms with Crippen LogP contribution in [0.25, 0.3) is 0 Å². The second-order valence-electron chi connectivity index (χ2n) is 6.21. The first kappa shape index (κ1) is 13.8. The summed E-state index contributed by atoms with van der Waals surface area (Å²) in [5.41, 5.74) is 0.333. The third-order valence-electron chi connectivity index (χ3n) is 4.72. The Hall–Kier alpha value is 0.350. The van der Waals surface area contributed by atoms with E-state index in [1.54, 1.807) is 0 Å². The van der Waals surface area contributed by atoms with E-state index in [9.17, 15) is 0 Å². The topological polar surface area (TPSA) is 12.5 Å². The lowest BCUT2D eigenvalue weighted by atomic mass is 9.71. The van der Waals surface area contributed by atoms with E-state index >= 15 is 0 Å². The van der Waals surface area contributed by atoms with Crippen LogP contribution in [0.15, 0.2) is 0 Å². The van der Waals surface area contributed by atoms with Crippen molar-refractivity contribution in [1.82, 2.24) is 4.67 Å². The molecule has 3 heteroatoms. The van der Waals surface area contributed by atoms with Crippen LogP contribution in [-0.4, -0.2) is 29.0 Å². The standard InChI is InChI=1S/C14H28NOP/c1-6-15-14(4,5)12-9-8-11(3)10-13(12)16-17(15)7-2/h11-13H,6-10H2,1-5H3. The number of rotatable bonds is 2. The molecule has 17 heavy (non-hydrogen) atoms. The average Bonchev–Trinajstić information content (AvgIpc) is 2.27.